The quantitative estimate of drug-likeness (QED) is 0.666. The van der Waals surface area contributed by atoms with Crippen molar-refractivity contribution in [3.05, 3.63) is 0 Å². The maximum atomic E-state index is 5.40. The maximum absolute atomic E-state index is 5.40. The highest BCUT2D eigenvalue weighted by atomic mass is 16.5. The number of ether oxygens (including phenoxy) is 1. The number of hydrogen-bond donors (Lipinski definition) is 1. The van der Waals surface area contributed by atoms with E-state index < -0.39 is 0 Å². The topological polar surface area (TPSA) is 47.6 Å². The van der Waals surface area contributed by atoms with Crippen LogP contribution in [0.25, 0.3) is 0 Å². The molecule has 0 fully saturated rings. The van der Waals surface area contributed by atoms with E-state index in [4.69, 9.17) is 10.5 Å². The van der Waals surface area contributed by atoms with E-state index in [1.807, 2.05) is 0 Å². The zero-order chi connectivity index (χ0) is 8.27. The van der Waals surface area contributed by atoms with Crippen molar-refractivity contribution in [3.8, 4) is 0 Å². The molecule has 0 spiro atoms. The summed E-state index contributed by atoms with van der Waals surface area (Å²) < 4.78 is 5.08. The first-order valence-electron chi connectivity index (χ1n) is 4.24. The first-order chi connectivity index (χ1) is 5.27. The molecule has 3 heteroatoms. The molecule has 3 nitrogen and oxygen atoms in total. The molecule has 0 aliphatic carbocycles. The van der Waals surface area contributed by atoms with E-state index in [2.05, 4.69) is 18.8 Å². The third-order valence-corrected chi connectivity index (χ3v) is 2.29. The lowest BCUT2D eigenvalue weighted by atomic mass is 9.96. The van der Waals surface area contributed by atoms with E-state index in [0.29, 0.717) is 24.6 Å². The Bertz CT molecular complexity index is 152. The minimum absolute atomic E-state index is 0.310. The van der Waals surface area contributed by atoms with Crippen molar-refractivity contribution in [2.24, 2.45) is 16.6 Å². The molecular formula is C8H16N2O. The van der Waals surface area contributed by atoms with Gasteiger partial charge >= 0.3 is 0 Å². The van der Waals surface area contributed by atoms with Gasteiger partial charge in [0.1, 0.15) is 6.61 Å². The molecule has 0 bridgehead atoms. The molecule has 11 heavy (non-hydrogen) atoms. The molecule has 1 atom stereocenters. The standard InChI is InChI=1S/C8H16N2O/c1-3-6(4-2)7-5-11-8(9)10-7/h6-7H,3-5H2,1-2H3,(H2,9,10). The highest BCUT2D eigenvalue weighted by Crippen LogP contribution is 2.19. The van der Waals surface area contributed by atoms with Gasteiger partial charge in [0.25, 0.3) is 6.02 Å². The number of aliphatic imine (C=N–C) groups is 1. The van der Waals surface area contributed by atoms with Crippen molar-refractivity contribution < 1.29 is 4.74 Å². The third kappa shape index (κ3) is 1.85. The van der Waals surface area contributed by atoms with E-state index in [9.17, 15) is 0 Å². The van der Waals surface area contributed by atoms with Crippen LogP contribution in [0.1, 0.15) is 26.7 Å². The summed E-state index contributed by atoms with van der Waals surface area (Å²) in [6.45, 7) is 5.04. The Kier molecular flexibility index (Phi) is 2.74. The molecule has 0 aromatic rings. The largest absolute Gasteiger partial charge is 0.463 e. The Morgan fingerprint density at radius 1 is 1.64 bits per heavy atom. The average Bonchev–Trinajstić information content (AvgIpc) is 2.39. The van der Waals surface area contributed by atoms with Crippen molar-refractivity contribution in [1.82, 2.24) is 0 Å². The van der Waals surface area contributed by atoms with E-state index in [1.165, 1.54) is 0 Å². The number of nitrogens with two attached hydrogens (primary N) is 1. The Morgan fingerprint density at radius 3 is 2.64 bits per heavy atom. The normalized spacial score (nSPS) is 23.5. The molecule has 1 heterocycles. The molecule has 0 amide bonds. The van der Waals surface area contributed by atoms with Crippen LogP contribution in [0.5, 0.6) is 0 Å². The van der Waals surface area contributed by atoms with Crippen LogP contribution in [0.4, 0.5) is 0 Å². The number of hydrogen-bond acceptors (Lipinski definition) is 3. The summed E-state index contributed by atoms with van der Waals surface area (Å²) in [6, 6.07) is 0.673. The Labute approximate surface area is 67.6 Å². The molecular weight excluding hydrogens is 140 g/mol. The molecule has 1 rings (SSSR count). The predicted molar refractivity (Wildman–Crippen MR) is 45.4 cm³/mol. The van der Waals surface area contributed by atoms with E-state index in [1.54, 1.807) is 0 Å². The van der Waals surface area contributed by atoms with Gasteiger partial charge in [0, 0.05) is 0 Å². The molecule has 2 N–H and O–H groups in total. The highest BCUT2D eigenvalue weighted by molar-refractivity contribution is 5.73. The Hall–Kier alpha value is -0.730. The zero-order valence-electron chi connectivity index (χ0n) is 7.21. The summed E-state index contributed by atoms with van der Waals surface area (Å²) in [5.74, 6) is 0.635. The van der Waals surface area contributed by atoms with Gasteiger partial charge in [0.2, 0.25) is 0 Å². The van der Waals surface area contributed by atoms with Crippen molar-refractivity contribution in [1.29, 1.82) is 0 Å². The lowest BCUT2D eigenvalue weighted by Gasteiger charge is -2.15. The molecule has 1 unspecified atom stereocenters. The number of nitrogens with zero attached hydrogens (tertiary/aromatic N) is 1. The van der Waals surface area contributed by atoms with Crippen LogP contribution in [0.3, 0.4) is 0 Å². The lowest BCUT2D eigenvalue weighted by Crippen LogP contribution is -2.18. The van der Waals surface area contributed by atoms with Crippen LogP contribution in [0.2, 0.25) is 0 Å². The van der Waals surface area contributed by atoms with Gasteiger partial charge in [-0.2, -0.15) is 0 Å². The van der Waals surface area contributed by atoms with Crippen LogP contribution in [-0.2, 0) is 4.74 Å². The minimum atomic E-state index is 0.310. The highest BCUT2D eigenvalue weighted by Gasteiger charge is 2.23. The van der Waals surface area contributed by atoms with Gasteiger partial charge in [0.05, 0.1) is 6.04 Å². The fraction of sp³-hybridized carbons (Fsp3) is 0.875. The van der Waals surface area contributed by atoms with Crippen LogP contribution in [-0.4, -0.2) is 18.7 Å². The minimum Gasteiger partial charge on any atom is -0.463 e. The van der Waals surface area contributed by atoms with Gasteiger partial charge in [-0.15, -0.1) is 0 Å². The molecule has 0 saturated heterocycles. The fourth-order valence-corrected chi connectivity index (χ4v) is 1.48. The molecule has 1 aliphatic heterocycles. The molecule has 1 aliphatic rings. The predicted octanol–water partition coefficient (Wildman–Crippen LogP) is 1.14. The fourth-order valence-electron chi connectivity index (χ4n) is 1.48. The second-order valence-electron chi connectivity index (χ2n) is 2.92. The SMILES string of the molecule is CCC(CC)C1COC(N)=N1. The smallest absolute Gasteiger partial charge is 0.282 e. The number of rotatable bonds is 3. The van der Waals surface area contributed by atoms with Crippen LogP contribution >= 0.6 is 0 Å². The monoisotopic (exact) mass is 156 g/mol. The summed E-state index contributed by atoms with van der Waals surface area (Å²) in [6.07, 6.45) is 2.31. The summed E-state index contributed by atoms with van der Waals surface area (Å²) in [5.41, 5.74) is 5.40. The van der Waals surface area contributed by atoms with Crippen molar-refractivity contribution in [2.45, 2.75) is 32.7 Å². The van der Waals surface area contributed by atoms with Gasteiger partial charge in [-0.1, -0.05) is 26.7 Å². The van der Waals surface area contributed by atoms with E-state index in [-0.39, 0.29) is 0 Å². The Balaban J connectivity index is 2.47. The first-order valence-corrected chi connectivity index (χ1v) is 4.24. The Morgan fingerprint density at radius 2 is 2.27 bits per heavy atom. The van der Waals surface area contributed by atoms with Crippen LogP contribution < -0.4 is 5.73 Å². The summed E-state index contributed by atoms with van der Waals surface area (Å²) in [4.78, 5) is 4.20. The van der Waals surface area contributed by atoms with Gasteiger partial charge in [-0.05, 0) is 5.92 Å². The number of amidine groups is 1. The second kappa shape index (κ2) is 3.60. The van der Waals surface area contributed by atoms with Crippen molar-refractivity contribution in [3.63, 3.8) is 0 Å². The molecule has 0 saturated carbocycles. The van der Waals surface area contributed by atoms with Crippen LogP contribution in [0, 0.1) is 5.92 Å². The van der Waals surface area contributed by atoms with Gasteiger partial charge in [0.15, 0.2) is 0 Å². The maximum Gasteiger partial charge on any atom is 0.282 e. The zero-order valence-corrected chi connectivity index (χ0v) is 7.21. The van der Waals surface area contributed by atoms with Gasteiger partial charge < -0.3 is 10.5 Å². The van der Waals surface area contributed by atoms with Gasteiger partial charge in [-0.25, -0.2) is 4.99 Å². The summed E-state index contributed by atoms with van der Waals surface area (Å²) in [5, 5.41) is 0. The second-order valence-corrected chi connectivity index (χ2v) is 2.92. The van der Waals surface area contributed by atoms with Gasteiger partial charge in [-0.3, -0.25) is 0 Å². The average molecular weight is 156 g/mol. The summed E-state index contributed by atoms with van der Waals surface area (Å²) >= 11 is 0. The third-order valence-electron chi connectivity index (χ3n) is 2.29. The van der Waals surface area contributed by atoms with E-state index >= 15 is 0 Å². The molecule has 0 radical (unpaired) electrons. The van der Waals surface area contributed by atoms with Crippen molar-refractivity contribution in [2.75, 3.05) is 6.61 Å². The molecule has 64 valence electrons. The first kappa shape index (κ1) is 8.37. The lowest BCUT2D eigenvalue weighted by molar-refractivity contribution is 0.268. The van der Waals surface area contributed by atoms with Crippen LogP contribution in [0.15, 0.2) is 4.99 Å². The molecule has 0 aromatic carbocycles. The summed E-state index contributed by atoms with van der Waals surface area (Å²) in [7, 11) is 0. The molecule has 0 aromatic heterocycles. The van der Waals surface area contributed by atoms with E-state index in [0.717, 1.165) is 12.8 Å². The van der Waals surface area contributed by atoms with Crippen molar-refractivity contribution >= 4 is 6.02 Å².